The Hall–Kier alpha value is -1.33. The van der Waals surface area contributed by atoms with Crippen molar-refractivity contribution in [2.75, 3.05) is 0 Å². The molecule has 0 bridgehead atoms. The second kappa shape index (κ2) is 5.33. The van der Waals surface area contributed by atoms with Gasteiger partial charge < -0.3 is 0 Å². The molecule has 1 aromatic carbocycles. The standard InChI is InChI=1S/C14H14ClNO/c15-13-6-1-3-10(8-13)7-12(9-16)14(17)11-4-2-5-11/h1,3,6,8,11-12H,2,4-5,7H2. The van der Waals surface area contributed by atoms with E-state index in [1.807, 2.05) is 18.2 Å². The second-order valence-electron chi connectivity index (χ2n) is 4.55. The average Bonchev–Trinajstić information content (AvgIpc) is 2.23. The number of carbonyl (C=O) groups excluding carboxylic acids is 1. The molecule has 1 unspecified atom stereocenters. The Bertz CT molecular complexity index is 460. The summed E-state index contributed by atoms with van der Waals surface area (Å²) in [5.41, 5.74) is 0.955. The molecular formula is C14H14ClNO. The first-order chi connectivity index (χ1) is 8.20. The quantitative estimate of drug-likeness (QED) is 0.818. The van der Waals surface area contributed by atoms with E-state index in [1.54, 1.807) is 6.07 Å². The van der Waals surface area contributed by atoms with E-state index in [0.717, 1.165) is 24.8 Å². The highest BCUT2D eigenvalue weighted by molar-refractivity contribution is 6.30. The van der Waals surface area contributed by atoms with Crippen molar-refractivity contribution in [3.05, 3.63) is 34.9 Å². The molecule has 0 spiro atoms. The zero-order valence-corrected chi connectivity index (χ0v) is 10.3. The summed E-state index contributed by atoms with van der Waals surface area (Å²) in [6.07, 6.45) is 3.50. The van der Waals surface area contributed by atoms with E-state index in [0.29, 0.717) is 11.4 Å². The Morgan fingerprint density at radius 2 is 2.29 bits per heavy atom. The molecule has 0 aromatic heterocycles. The molecule has 1 aromatic rings. The van der Waals surface area contributed by atoms with E-state index in [2.05, 4.69) is 6.07 Å². The summed E-state index contributed by atoms with van der Waals surface area (Å²) in [6.45, 7) is 0. The van der Waals surface area contributed by atoms with Gasteiger partial charge in [0.25, 0.3) is 0 Å². The summed E-state index contributed by atoms with van der Waals surface area (Å²) in [5.74, 6) is -0.281. The monoisotopic (exact) mass is 247 g/mol. The van der Waals surface area contributed by atoms with Gasteiger partial charge in [-0.15, -0.1) is 0 Å². The zero-order valence-electron chi connectivity index (χ0n) is 9.53. The second-order valence-corrected chi connectivity index (χ2v) is 4.98. The van der Waals surface area contributed by atoms with Crippen molar-refractivity contribution >= 4 is 17.4 Å². The van der Waals surface area contributed by atoms with Crippen molar-refractivity contribution in [1.29, 1.82) is 5.26 Å². The number of ketones is 1. The van der Waals surface area contributed by atoms with Gasteiger partial charge in [0.15, 0.2) is 5.78 Å². The predicted octanol–water partition coefficient (Wildman–Crippen LogP) is 3.39. The smallest absolute Gasteiger partial charge is 0.153 e. The van der Waals surface area contributed by atoms with Gasteiger partial charge in [-0.3, -0.25) is 4.79 Å². The van der Waals surface area contributed by atoms with Crippen LogP contribution in [-0.4, -0.2) is 5.78 Å². The number of benzene rings is 1. The van der Waals surface area contributed by atoms with Gasteiger partial charge in [-0.1, -0.05) is 30.2 Å². The molecule has 17 heavy (non-hydrogen) atoms. The molecule has 1 atom stereocenters. The summed E-state index contributed by atoms with van der Waals surface area (Å²) in [7, 11) is 0. The van der Waals surface area contributed by atoms with Crippen molar-refractivity contribution in [2.45, 2.75) is 25.7 Å². The highest BCUT2D eigenvalue weighted by Crippen LogP contribution is 2.30. The molecular weight excluding hydrogens is 234 g/mol. The van der Waals surface area contributed by atoms with Crippen LogP contribution in [-0.2, 0) is 11.2 Å². The molecule has 0 amide bonds. The fourth-order valence-electron chi connectivity index (χ4n) is 2.09. The normalized spacial score (nSPS) is 16.9. The topological polar surface area (TPSA) is 40.9 Å². The third-order valence-corrected chi connectivity index (χ3v) is 3.57. The molecule has 1 aliphatic carbocycles. The van der Waals surface area contributed by atoms with Gasteiger partial charge in [0.1, 0.15) is 5.92 Å². The Balaban J connectivity index is 2.04. The number of nitrogens with zero attached hydrogens (tertiary/aromatic N) is 1. The molecule has 0 radical (unpaired) electrons. The number of nitriles is 1. The number of hydrogen-bond donors (Lipinski definition) is 0. The van der Waals surface area contributed by atoms with Crippen molar-refractivity contribution in [3.8, 4) is 6.07 Å². The third-order valence-electron chi connectivity index (χ3n) is 3.34. The minimum Gasteiger partial charge on any atom is -0.298 e. The molecule has 0 heterocycles. The van der Waals surface area contributed by atoms with Gasteiger partial charge in [0, 0.05) is 10.9 Å². The fraction of sp³-hybridized carbons (Fsp3) is 0.429. The minimum absolute atomic E-state index is 0.110. The molecule has 1 aliphatic rings. The minimum atomic E-state index is -0.515. The van der Waals surface area contributed by atoms with E-state index in [-0.39, 0.29) is 11.7 Å². The lowest BCUT2D eigenvalue weighted by atomic mass is 9.77. The van der Waals surface area contributed by atoms with Crippen LogP contribution in [0.2, 0.25) is 5.02 Å². The van der Waals surface area contributed by atoms with Crippen LogP contribution in [0.5, 0.6) is 0 Å². The number of Topliss-reactive ketones (excluding diaryl/α,β-unsaturated/α-hetero) is 1. The largest absolute Gasteiger partial charge is 0.298 e. The Morgan fingerprint density at radius 1 is 1.53 bits per heavy atom. The van der Waals surface area contributed by atoms with Crippen LogP contribution in [0, 0.1) is 23.2 Å². The van der Waals surface area contributed by atoms with Gasteiger partial charge in [0.2, 0.25) is 0 Å². The molecule has 1 fully saturated rings. The van der Waals surface area contributed by atoms with Gasteiger partial charge >= 0.3 is 0 Å². The Morgan fingerprint density at radius 3 is 2.82 bits per heavy atom. The van der Waals surface area contributed by atoms with Crippen LogP contribution in [0.3, 0.4) is 0 Å². The van der Waals surface area contributed by atoms with E-state index in [9.17, 15) is 4.79 Å². The highest BCUT2D eigenvalue weighted by atomic mass is 35.5. The van der Waals surface area contributed by atoms with Gasteiger partial charge in [0.05, 0.1) is 6.07 Å². The summed E-state index contributed by atoms with van der Waals surface area (Å²) in [6, 6.07) is 9.49. The molecule has 0 N–H and O–H groups in total. The van der Waals surface area contributed by atoms with Crippen molar-refractivity contribution in [2.24, 2.45) is 11.8 Å². The molecule has 0 aliphatic heterocycles. The lowest BCUT2D eigenvalue weighted by Gasteiger charge is -2.25. The van der Waals surface area contributed by atoms with Crippen LogP contribution < -0.4 is 0 Å². The van der Waals surface area contributed by atoms with Crippen LogP contribution in [0.25, 0.3) is 0 Å². The summed E-state index contributed by atoms with van der Waals surface area (Å²) >= 11 is 5.88. The molecule has 2 rings (SSSR count). The number of hydrogen-bond acceptors (Lipinski definition) is 2. The zero-order chi connectivity index (χ0) is 12.3. The Kier molecular flexibility index (Phi) is 3.81. The number of rotatable bonds is 4. The Labute approximate surface area is 106 Å². The maximum atomic E-state index is 12.0. The fourth-order valence-corrected chi connectivity index (χ4v) is 2.30. The maximum Gasteiger partial charge on any atom is 0.153 e. The molecule has 88 valence electrons. The van der Waals surface area contributed by atoms with Gasteiger partial charge in [-0.05, 0) is 37.0 Å². The van der Waals surface area contributed by atoms with Gasteiger partial charge in [-0.25, -0.2) is 0 Å². The van der Waals surface area contributed by atoms with Gasteiger partial charge in [-0.2, -0.15) is 5.26 Å². The van der Waals surface area contributed by atoms with E-state index in [4.69, 9.17) is 16.9 Å². The SMILES string of the molecule is N#CC(Cc1cccc(Cl)c1)C(=O)C1CCC1. The van der Waals surface area contributed by atoms with E-state index in [1.165, 1.54) is 0 Å². The molecule has 0 saturated heterocycles. The van der Waals surface area contributed by atoms with Crippen molar-refractivity contribution in [3.63, 3.8) is 0 Å². The van der Waals surface area contributed by atoms with Crippen LogP contribution in [0.4, 0.5) is 0 Å². The maximum absolute atomic E-state index is 12.0. The van der Waals surface area contributed by atoms with Crippen LogP contribution in [0.15, 0.2) is 24.3 Å². The van der Waals surface area contributed by atoms with Crippen molar-refractivity contribution in [1.82, 2.24) is 0 Å². The molecule has 1 saturated carbocycles. The molecule has 2 nitrogen and oxygen atoms in total. The molecule has 3 heteroatoms. The predicted molar refractivity (Wildman–Crippen MR) is 66.6 cm³/mol. The summed E-state index contributed by atoms with van der Waals surface area (Å²) in [4.78, 5) is 12.0. The first-order valence-corrected chi connectivity index (χ1v) is 6.26. The van der Waals surface area contributed by atoms with Crippen molar-refractivity contribution < 1.29 is 4.79 Å². The lowest BCUT2D eigenvalue weighted by Crippen LogP contribution is -2.29. The summed E-state index contributed by atoms with van der Waals surface area (Å²) in [5, 5.41) is 9.74. The first-order valence-electron chi connectivity index (χ1n) is 5.88. The van der Waals surface area contributed by atoms with Crippen LogP contribution in [0.1, 0.15) is 24.8 Å². The van der Waals surface area contributed by atoms with Crippen LogP contribution >= 0.6 is 11.6 Å². The summed E-state index contributed by atoms with van der Waals surface area (Å²) < 4.78 is 0. The highest BCUT2D eigenvalue weighted by Gasteiger charge is 2.31. The number of carbonyl (C=O) groups is 1. The lowest BCUT2D eigenvalue weighted by molar-refractivity contribution is -0.127. The third kappa shape index (κ3) is 2.87. The first kappa shape index (κ1) is 12.1. The van der Waals surface area contributed by atoms with E-state index >= 15 is 0 Å². The van der Waals surface area contributed by atoms with E-state index < -0.39 is 5.92 Å². The average molecular weight is 248 g/mol. The number of halogens is 1.